The van der Waals surface area contributed by atoms with Crippen LogP contribution in [-0.2, 0) is 14.8 Å². The number of halogens is 2. The lowest BCUT2D eigenvalue weighted by atomic mass is 9.94. The SMILES string of the molecule is O=C(CC(C1CC1)C1CC1)Nc1ccc(NS(=O)(=O)c2ccc(F)c(F)c2)cc1. The number of hydrogen-bond donors (Lipinski definition) is 2. The van der Waals surface area contributed by atoms with Crippen LogP contribution in [0.1, 0.15) is 32.1 Å². The van der Waals surface area contributed by atoms with Gasteiger partial charge >= 0.3 is 0 Å². The number of hydrogen-bond acceptors (Lipinski definition) is 3. The van der Waals surface area contributed by atoms with Crippen molar-refractivity contribution in [3.8, 4) is 0 Å². The molecule has 2 aliphatic carbocycles. The molecule has 1 amide bonds. The molecule has 0 radical (unpaired) electrons. The molecular weight excluding hydrogens is 398 g/mol. The fraction of sp³-hybridized carbons (Fsp3) is 0.381. The van der Waals surface area contributed by atoms with E-state index in [1.54, 1.807) is 12.1 Å². The highest BCUT2D eigenvalue weighted by molar-refractivity contribution is 7.92. The summed E-state index contributed by atoms with van der Waals surface area (Å²) in [5.74, 6) is -0.500. The summed E-state index contributed by atoms with van der Waals surface area (Å²) < 4.78 is 53.3. The van der Waals surface area contributed by atoms with Crippen molar-refractivity contribution >= 4 is 27.3 Å². The quantitative estimate of drug-likeness (QED) is 0.659. The van der Waals surface area contributed by atoms with Crippen LogP contribution >= 0.6 is 0 Å². The minimum Gasteiger partial charge on any atom is -0.326 e. The fourth-order valence-corrected chi connectivity index (χ4v) is 4.74. The summed E-state index contributed by atoms with van der Waals surface area (Å²) in [5.41, 5.74) is 0.831. The van der Waals surface area contributed by atoms with Crippen molar-refractivity contribution in [3.05, 3.63) is 54.1 Å². The van der Waals surface area contributed by atoms with Gasteiger partial charge in [-0.15, -0.1) is 0 Å². The first kappa shape index (κ1) is 19.8. The molecule has 5 nitrogen and oxygen atoms in total. The molecule has 0 saturated heterocycles. The van der Waals surface area contributed by atoms with E-state index in [0.29, 0.717) is 35.9 Å². The molecule has 0 heterocycles. The molecule has 0 spiro atoms. The van der Waals surface area contributed by atoms with Crippen LogP contribution in [0.4, 0.5) is 20.2 Å². The van der Waals surface area contributed by atoms with Crippen molar-refractivity contribution in [2.45, 2.75) is 37.0 Å². The summed E-state index contributed by atoms with van der Waals surface area (Å²) in [6, 6.07) is 8.60. The van der Waals surface area contributed by atoms with Gasteiger partial charge in [-0.05, 0) is 85.9 Å². The first-order valence-corrected chi connectivity index (χ1v) is 11.2. The number of benzene rings is 2. The highest BCUT2D eigenvalue weighted by atomic mass is 32.2. The predicted octanol–water partition coefficient (Wildman–Crippen LogP) is 4.53. The summed E-state index contributed by atoms with van der Waals surface area (Å²) in [7, 11) is -4.05. The third-order valence-corrected chi connectivity index (χ3v) is 6.88. The number of anilines is 2. The molecule has 0 bridgehead atoms. The van der Waals surface area contributed by atoms with Crippen molar-refractivity contribution < 1.29 is 22.0 Å². The van der Waals surface area contributed by atoms with E-state index in [4.69, 9.17) is 0 Å². The Balaban J connectivity index is 1.37. The maximum atomic E-state index is 13.3. The van der Waals surface area contributed by atoms with Gasteiger partial charge in [-0.25, -0.2) is 17.2 Å². The van der Waals surface area contributed by atoms with Gasteiger partial charge in [0.1, 0.15) is 0 Å². The summed E-state index contributed by atoms with van der Waals surface area (Å²) in [4.78, 5) is 12.0. The number of amides is 1. The average molecular weight is 420 g/mol. The third-order valence-electron chi connectivity index (χ3n) is 5.50. The molecule has 4 rings (SSSR count). The Morgan fingerprint density at radius 2 is 1.52 bits per heavy atom. The summed E-state index contributed by atoms with van der Waals surface area (Å²) in [5, 5.41) is 2.87. The largest absolute Gasteiger partial charge is 0.326 e. The Hall–Kier alpha value is -2.48. The smallest absolute Gasteiger partial charge is 0.261 e. The second kappa shape index (κ2) is 7.74. The molecule has 0 aliphatic heterocycles. The maximum absolute atomic E-state index is 13.3. The monoisotopic (exact) mass is 420 g/mol. The van der Waals surface area contributed by atoms with E-state index in [1.165, 1.54) is 37.8 Å². The van der Waals surface area contributed by atoms with Gasteiger partial charge in [0.15, 0.2) is 11.6 Å². The van der Waals surface area contributed by atoms with E-state index in [0.717, 1.165) is 12.1 Å². The van der Waals surface area contributed by atoms with E-state index in [-0.39, 0.29) is 16.5 Å². The number of rotatable bonds is 8. The molecule has 2 aromatic carbocycles. The summed E-state index contributed by atoms with van der Waals surface area (Å²) in [6.07, 6.45) is 5.42. The Morgan fingerprint density at radius 1 is 0.931 bits per heavy atom. The van der Waals surface area contributed by atoms with Gasteiger partial charge in [0.25, 0.3) is 10.0 Å². The lowest BCUT2D eigenvalue weighted by Gasteiger charge is -2.15. The van der Waals surface area contributed by atoms with E-state index < -0.39 is 21.7 Å². The summed E-state index contributed by atoms with van der Waals surface area (Å²) in [6.45, 7) is 0. The molecule has 0 atom stereocenters. The van der Waals surface area contributed by atoms with Crippen LogP contribution in [0.5, 0.6) is 0 Å². The summed E-state index contributed by atoms with van der Waals surface area (Å²) >= 11 is 0. The zero-order valence-corrected chi connectivity index (χ0v) is 16.5. The number of carbonyl (C=O) groups excluding carboxylic acids is 1. The van der Waals surface area contributed by atoms with E-state index in [9.17, 15) is 22.0 Å². The normalized spacial score (nSPS) is 16.7. The Morgan fingerprint density at radius 3 is 2.07 bits per heavy atom. The number of sulfonamides is 1. The first-order chi connectivity index (χ1) is 13.8. The molecule has 154 valence electrons. The van der Waals surface area contributed by atoms with Crippen LogP contribution < -0.4 is 10.0 Å². The second-order valence-corrected chi connectivity index (χ2v) is 9.53. The first-order valence-electron chi connectivity index (χ1n) is 9.69. The van der Waals surface area contributed by atoms with Crippen molar-refractivity contribution in [3.63, 3.8) is 0 Å². The highest BCUT2D eigenvalue weighted by Gasteiger charge is 2.42. The molecule has 2 aromatic rings. The Bertz CT molecular complexity index is 1000. The molecular formula is C21H22F2N2O3S. The third kappa shape index (κ3) is 4.93. The minimum atomic E-state index is -4.05. The van der Waals surface area contributed by atoms with Gasteiger partial charge in [-0.2, -0.15) is 0 Å². The van der Waals surface area contributed by atoms with Crippen molar-refractivity contribution in [1.29, 1.82) is 0 Å². The van der Waals surface area contributed by atoms with Crippen molar-refractivity contribution in [1.82, 2.24) is 0 Å². The molecule has 29 heavy (non-hydrogen) atoms. The van der Waals surface area contributed by atoms with Crippen LogP contribution in [0.25, 0.3) is 0 Å². The van der Waals surface area contributed by atoms with E-state index >= 15 is 0 Å². The van der Waals surface area contributed by atoms with Crippen LogP contribution in [0.3, 0.4) is 0 Å². The van der Waals surface area contributed by atoms with Crippen LogP contribution in [0, 0.1) is 29.4 Å². The Kier molecular flexibility index (Phi) is 5.29. The second-order valence-electron chi connectivity index (χ2n) is 7.85. The molecule has 0 aromatic heterocycles. The maximum Gasteiger partial charge on any atom is 0.261 e. The zero-order chi connectivity index (χ0) is 20.6. The standard InChI is InChI=1S/C21H22F2N2O3S/c22-19-10-9-17(11-20(19)23)29(27,28)25-16-7-5-15(6-8-16)24-21(26)12-18(13-1-2-13)14-3-4-14/h5-11,13-14,18,25H,1-4,12H2,(H,24,26). The minimum absolute atomic E-state index is 0.0241. The molecule has 2 aliphatic rings. The van der Waals surface area contributed by atoms with Crippen molar-refractivity contribution in [2.24, 2.45) is 17.8 Å². The van der Waals surface area contributed by atoms with Gasteiger partial charge in [-0.3, -0.25) is 9.52 Å². The van der Waals surface area contributed by atoms with Gasteiger partial charge in [0, 0.05) is 17.8 Å². The molecule has 2 N–H and O–H groups in total. The average Bonchev–Trinajstić information content (AvgIpc) is 3.56. The molecule has 2 saturated carbocycles. The topological polar surface area (TPSA) is 75.3 Å². The van der Waals surface area contributed by atoms with E-state index in [1.807, 2.05) is 0 Å². The van der Waals surface area contributed by atoms with Gasteiger partial charge < -0.3 is 5.32 Å². The molecule has 2 fully saturated rings. The Labute approximate surface area is 168 Å². The lowest BCUT2D eigenvalue weighted by molar-refractivity contribution is -0.117. The predicted molar refractivity (Wildman–Crippen MR) is 106 cm³/mol. The zero-order valence-electron chi connectivity index (χ0n) is 15.7. The van der Waals surface area contributed by atoms with Crippen molar-refractivity contribution in [2.75, 3.05) is 10.0 Å². The lowest BCUT2D eigenvalue weighted by Crippen LogP contribution is -2.19. The molecule has 8 heteroatoms. The van der Waals surface area contributed by atoms with E-state index in [2.05, 4.69) is 10.0 Å². The fourth-order valence-electron chi connectivity index (χ4n) is 3.67. The van der Waals surface area contributed by atoms with Gasteiger partial charge in [0.2, 0.25) is 5.91 Å². The highest BCUT2D eigenvalue weighted by Crippen LogP contribution is 2.50. The number of carbonyl (C=O) groups is 1. The van der Waals surface area contributed by atoms with Crippen LogP contribution in [-0.4, -0.2) is 14.3 Å². The van der Waals surface area contributed by atoms with Crippen LogP contribution in [0.15, 0.2) is 47.4 Å². The molecule has 0 unspecified atom stereocenters. The number of nitrogens with one attached hydrogen (secondary N) is 2. The van der Waals surface area contributed by atoms with Gasteiger partial charge in [-0.1, -0.05) is 0 Å². The van der Waals surface area contributed by atoms with Gasteiger partial charge in [0.05, 0.1) is 4.90 Å². The van der Waals surface area contributed by atoms with Crippen LogP contribution in [0.2, 0.25) is 0 Å².